The van der Waals surface area contributed by atoms with Gasteiger partial charge in [0.15, 0.2) is 0 Å². The molecule has 2 nitrogen and oxygen atoms in total. The van der Waals surface area contributed by atoms with E-state index >= 15 is 0 Å². The van der Waals surface area contributed by atoms with E-state index in [9.17, 15) is 0 Å². The average Bonchev–Trinajstić information content (AvgIpc) is 2.28. The largest absolute Gasteiger partial charge is 0.487 e. The molecule has 0 aromatic heterocycles. The third-order valence-electron chi connectivity index (χ3n) is 3.97. The van der Waals surface area contributed by atoms with Crippen LogP contribution in [-0.4, -0.2) is 5.60 Å². The zero-order valence-electron chi connectivity index (χ0n) is 11.1. The highest BCUT2D eigenvalue weighted by Crippen LogP contribution is 2.41. The predicted molar refractivity (Wildman–Crippen MR) is 72.8 cm³/mol. The summed E-state index contributed by atoms with van der Waals surface area (Å²) in [6, 6.07) is 4.16. The first-order valence-electron chi connectivity index (χ1n) is 6.36. The number of hydrogen-bond acceptors (Lipinski definition) is 2. The lowest BCUT2D eigenvalue weighted by Crippen LogP contribution is -2.40. The molecule has 2 heterocycles. The van der Waals surface area contributed by atoms with Crippen molar-refractivity contribution >= 4 is 6.08 Å². The molecule has 2 aliphatic rings. The maximum absolute atomic E-state index is 6.10. The van der Waals surface area contributed by atoms with Crippen LogP contribution in [0.5, 0.6) is 11.5 Å². The summed E-state index contributed by atoms with van der Waals surface area (Å²) >= 11 is 0. The van der Waals surface area contributed by atoms with Crippen molar-refractivity contribution in [3.63, 3.8) is 0 Å². The zero-order chi connectivity index (χ0) is 12.9. The summed E-state index contributed by atoms with van der Waals surface area (Å²) in [7, 11) is 0. The van der Waals surface area contributed by atoms with Crippen LogP contribution in [0.3, 0.4) is 0 Å². The molecule has 3 rings (SSSR count). The van der Waals surface area contributed by atoms with E-state index in [1.165, 1.54) is 5.56 Å². The fourth-order valence-electron chi connectivity index (χ4n) is 2.42. The third-order valence-corrected chi connectivity index (χ3v) is 3.97. The van der Waals surface area contributed by atoms with Gasteiger partial charge < -0.3 is 9.47 Å². The molecule has 2 heteroatoms. The minimum absolute atomic E-state index is 0.122. The third kappa shape index (κ3) is 1.72. The normalized spacial score (nSPS) is 23.7. The maximum atomic E-state index is 6.10. The van der Waals surface area contributed by atoms with Crippen LogP contribution in [0.25, 0.3) is 6.08 Å². The molecule has 0 saturated heterocycles. The highest BCUT2D eigenvalue weighted by atomic mass is 16.5. The number of ether oxygens (including phenoxy) is 2. The van der Waals surface area contributed by atoms with E-state index in [1.54, 1.807) is 0 Å². The van der Waals surface area contributed by atoms with Crippen molar-refractivity contribution in [2.24, 2.45) is 5.92 Å². The van der Waals surface area contributed by atoms with Gasteiger partial charge in [-0.15, -0.1) is 0 Å². The Bertz CT molecular complexity index is 552. The van der Waals surface area contributed by atoms with Gasteiger partial charge in [-0.2, -0.15) is 0 Å². The lowest BCUT2D eigenvalue weighted by atomic mass is 9.83. The minimum Gasteiger partial charge on any atom is -0.487 e. The molecule has 0 N–H and O–H groups in total. The standard InChI is InChI=1S/C16H18O2/c1-10-7-13-8-12-6-5-11(2)17-14(12)9-15(13)18-16(10,3)4/h5-6,8-10H,2,7H2,1,3-4H3. The van der Waals surface area contributed by atoms with Crippen molar-refractivity contribution in [2.45, 2.75) is 32.8 Å². The Labute approximate surface area is 108 Å². The van der Waals surface area contributed by atoms with Crippen LogP contribution >= 0.6 is 0 Å². The van der Waals surface area contributed by atoms with Gasteiger partial charge in [-0.3, -0.25) is 0 Å². The summed E-state index contributed by atoms with van der Waals surface area (Å²) in [5, 5.41) is 0. The van der Waals surface area contributed by atoms with Gasteiger partial charge in [-0.25, -0.2) is 0 Å². The van der Waals surface area contributed by atoms with Crippen molar-refractivity contribution in [2.75, 3.05) is 0 Å². The Morgan fingerprint density at radius 3 is 2.78 bits per heavy atom. The van der Waals surface area contributed by atoms with E-state index in [4.69, 9.17) is 9.47 Å². The van der Waals surface area contributed by atoms with Gasteiger partial charge in [0.25, 0.3) is 0 Å². The summed E-state index contributed by atoms with van der Waals surface area (Å²) in [6.07, 6.45) is 4.99. The molecule has 1 atom stereocenters. The highest BCUT2D eigenvalue weighted by Gasteiger charge is 2.34. The van der Waals surface area contributed by atoms with Crippen molar-refractivity contribution < 1.29 is 9.47 Å². The quantitative estimate of drug-likeness (QED) is 0.685. The number of fused-ring (bicyclic) bond motifs is 2. The molecule has 0 aliphatic carbocycles. The number of rotatable bonds is 0. The maximum Gasteiger partial charge on any atom is 0.138 e. The fraction of sp³-hybridized carbons (Fsp3) is 0.375. The first-order chi connectivity index (χ1) is 8.45. The van der Waals surface area contributed by atoms with Crippen LogP contribution in [0.1, 0.15) is 31.9 Å². The van der Waals surface area contributed by atoms with Gasteiger partial charge in [0.1, 0.15) is 22.9 Å². The minimum atomic E-state index is -0.122. The van der Waals surface area contributed by atoms with E-state index in [0.29, 0.717) is 11.7 Å². The second-order valence-electron chi connectivity index (χ2n) is 5.71. The van der Waals surface area contributed by atoms with Gasteiger partial charge in [-0.05, 0) is 50.0 Å². The van der Waals surface area contributed by atoms with Crippen LogP contribution in [0, 0.1) is 5.92 Å². The van der Waals surface area contributed by atoms with E-state index in [1.807, 2.05) is 18.2 Å². The van der Waals surface area contributed by atoms with Gasteiger partial charge >= 0.3 is 0 Å². The van der Waals surface area contributed by atoms with E-state index in [-0.39, 0.29) is 5.60 Å². The molecule has 0 fully saturated rings. The second-order valence-corrected chi connectivity index (χ2v) is 5.71. The Kier molecular flexibility index (Phi) is 2.31. The summed E-state index contributed by atoms with van der Waals surface area (Å²) < 4.78 is 11.7. The summed E-state index contributed by atoms with van der Waals surface area (Å²) in [5.74, 6) is 2.96. The molecule has 1 unspecified atom stereocenters. The predicted octanol–water partition coefficient (Wildman–Crippen LogP) is 3.96. The molecule has 0 saturated carbocycles. The molecular weight excluding hydrogens is 224 g/mol. The van der Waals surface area contributed by atoms with Crippen molar-refractivity contribution in [3.8, 4) is 11.5 Å². The average molecular weight is 242 g/mol. The summed E-state index contributed by atoms with van der Waals surface area (Å²) in [4.78, 5) is 0. The summed E-state index contributed by atoms with van der Waals surface area (Å²) in [5.41, 5.74) is 2.25. The fourth-order valence-corrected chi connectivity index (χ4v) is 2.42. The molecule has 1 aromatic carbocycles. The second kappa shape index (κ2) is 3.64. The topological polar surface area (TPSA) is 18.5 Å². The van der Waals surface area contributed by atoms with Gasteiger partial charge in [-0.1, -0.05) is 13.5 Å². The molecule has 0 spiro atoms. The molecule has 2 aliphatic heterocycles. The number of hydrogen-bond donors (Lipinski definition) is 0. The number of benzene rings is 1. The lowest BCUT2D eigenvalue weighted by Gasteiger charge is -2.38. The molecular formula is C16H18O2. The van der Waals surface area contributed by atoms with Gasteiger partial charge in [0.2, 0.25) is 0 Å². The first kappa shape index (κ1) is 11.4. The Morgan fingerprint density at radius 2 is 2.00 bits per heavy atom. The van der Waals surface area contributed by atoms with E-state index < -0.39 is 0 Å². The zero-order valence-corrected chi connectivity index (χ0v) is 11.1. The molecule has 18 heavy (non-hydrogen) atoms. The van der Waals surface area contributed by atoms with Crippen LogP contribution in [0.2, 0.25) is 0 Å². The van der Waals surface area contributed by atoms with E-state index in [0.717, 1.165) is 23.5 Å². The van der Waals surface area contributed by atoms with Gasteiger partial charge in [0.05, 0.1) is 0 Å². The molecule has 0 radical (unpaired) electrons. The van der Waals surface area contributed by atoms with Crippen LogP contribution in [-0.2, 0) is 6.42 Å². The summed E-state index contributed by atoms with van der Waals surface area (Å²) in [6.45, 7) is 10.3. The van der Waals surface area contributed by atoms with Crippen LogP contribution < -0.4 is 9.47 Å². The Hall–Kier alpha value is -1.70. The SMILES string of the molecule is C=C1C=Cc2cc3c(cc2O1)OC(C)(C)C(C)C3. The molecule has 1 aromatic rings. The lowest BCUT2D eigenvalue weighted by molar-refractivity contribution is 0.0352. The Morgan fingerprint density at radius 1 is 1.22 bits per heavy atom. The van der Waals surface area contributed by atoms with Crippen LogP contribution in [0.4, 0.5) is 0 Å². The monoisotopic (exact) mass is 242 g/mol. The van der Waals surface area contributed by atoms with Crippen molar-refractivity contribution in [3.05, 3.63) is 41.7 Å². The highest BCUT2D eigenvalue weighted by molar-refractivity contribution is 5.66. The Balaban J connectivity index is 2.07. The van der Waals surface area contributed by atoms with Crippen molar-refractivity contribution in [1.82, 2.24) is 0 Å². The smallest absolute Gasteiger partial charge is 0.138 e. The number of allylic oxidation sites excluding steroid dienone is 1. The molecule has 0 bridgehead atoms. The van der Waals surface area contributed by atoms with Crippen LogP contribution in [0.15, 0.2) is 30.5 Å². The van der Waals surface area contributed by atoms with Crippen molar-refractivity contribution in [1.29, 1.82) is 0 Å². The first-order valence-corrected chi connectivity index (χ1v) is 6.36. The molecule has 94 valence electrons. The van der Waals surface area contributed by atoms with Gasteiger partial charge in [0, 0.05) is 11.6 Å². The van der Waals surface area contributed by atoms with E-state index in [2.05, 4.69) is 33.4 Å². The molecule has 0 amide bonds.